The van der Waals surface area contributed by atoms with Gasteiger partial charge in [0.05, 0.1) is 22.7 Å². The molecule has 0 aliphatic carbocycles. The van der Waals surface area contributed by atoms with Crippen LogP contribution in [0, 0.1) is 0 Å². The highest BCUT2D eigenvalue weighted by atomic mass is 15.1. The summed E-state index contributed by atoms with van der Waals surface area (Å²) in [5.74, 6) is 0. The summed E-state index contributed by atoms with van der Waals surface area (Å²) in [6.07, 6.45) is 0. The lowest BCUT2D eigenvalue weighted by atomic mass is 10.3. The Kier molecular flexibility index (Phi) is 12.0. The predicted octanol–water partition coefficient (Wildman–Crippen LogP) is 7.11. The lowest BCUT2D eigenvalue weighted by molar-refractivity contribution is 0.976. The maximum absolute atomic E-state index is 4.90. The molecule has 4 aromatic carbocycles. The molecule has 0 heterocycles. The molecule has 162 valence electrons. The van der Waals surface area contributed by atoms with Gasteiger partial charge in [-0.15, -0.1) is 0 Å². The third-order valence-electron chi connectivity index (χ3n) is 3.75. The highest BCUT2D eigenvalue weighted by molar-refractivity contribution is 5.40. The fourth-order valence-electron chi connectivity index (χ4n) is 2.21. The summed E-state index contributed by atoms with van der Waals surface area (Å²) in [4.78, 5) is 0. The van der Waals surface area contributed by atoms with Gasteiger partial charge < -0.3 is 11.5 Å². The molecule has 0 saturated heterocycles. The molecule has 0 bridgehead atoms. The number of nitrogens with two attached hydrogens (primary N) is 2. The van der Waals surface area contributed by atoms with Gasteiger partial charge in [0.1, 0.15) is 0 Å². The minimum Gasteiger partial charge on any atom is -0.329 e. The highest BCUT2D eigenvalue weighted by Gasteiger charge is 1.87. The van der Waals surface area contributed by atoms with Crippen LogP contribution in [0.25, 0.3) is 0 Å². The van der Waals surface area contributed by atoms with E-state index < -0.39 is 0 Å². The number of hydrogen-bond donors (Lipinski definition) is 2. The van der Waals surface area contributed by atoms with Crippen LogP contribution in [0.2, 0.25) is 0 Å². The molecule has 0 amide bonds. The zero-order valence-electron chi connectivity index (χ0n) is 17.9. The summed E-state index contributed by atoms with van der Waals surface area (Å²) in [5.41, 5.74) is 13.3. The number of hydrogen-bond acceptors (Lipinski definition) is 6. The Bertz CT molecular complexity index is 851. The Morgan fingerprint density at radius 2 is 0.531 bits per heavy atom. The molecule has 0 unspecified atom stereocenters. The van der Waals surface area contributed by atoms with Crippen LogP contribution in [0.1, 0.15) is 0 Å². The van der Waals surface area contributed by atoms with Crippen LogP contribution < -0.4 is 11.5 Å². The summed E-state index contributed by atoms with van der Waals surface area (Å²) in [6, 6.07) is 38.8. The van der Waals surface area contributed by atoms with Crippen LogP contribution in [-0.2, 0) is 0 Å². The third kappa shape index (κ3) is 10.7. The zero-order chi connectivity index (χ0) is 22.7. The predicted molar refractivity (Wildman–Crippen MR) is 132 cm³/mol. The standard InChI is InChI=1S/2C12H10N2.C2H8N2/c2*1-3-7-11(8-4-1)13-14-12-9-5-2-6-10-12;3-1-2-4/h2*1-10H;1-4H2. The molecule has 6 nitrogen and oxygen atoms in total. The van der Waals surface area contributed by atoms with Gasteiger partial charge >= 0.3 is 0 Å². The second-order valence-corrected chi connectivity index (χ2v) is 6.32. The van der Waals surface area contributed by atoms with Crippen LogP contribution in [0.4, 0.5) is 22.7 Å². The smallest absolute Gasteiger partial charge is 0.0857 e. The number of rotatable bonds is 5. The first-order chi connectivity index (χ1) is 15.8. The molecule has 32 heavy (non-hydrogen) atoms. The van der Waals surface area contributed by atoms with Crippen molar-refractivity contribution >= 4 is 22.7 Å². The Morgan fingerprint density at radius 1 is 0.344 bits per heavy atom. The van der Waals surface area contributed by atoms with E-state index in [9.17, 15) is 0 Å². The highest BCUT2D eigenvalue weighted by Crippen LogP contribution is 2.17. The van der Waals surface area contributed by atoms with Crippen LogP contribution >= 0.6 is 0 Å². The molecule has 0 aliphatic rings. The maximum atomic E-state index is 4.90. The minimum absolute atomic E-state index is 0.597. The van der Waals surface area contributed by atoms with Gasteiger partial charge in [0, 0.05) is 13.1 Å². The van der Waals surface area contributed by atoms with Crippen LogP contribution in [0.5, 0.6) is 0 Å². The Labute approximate surface area is 189 Å². The Balaban J connectivity index is 0.000000195. The molecule has 0 aliphatic heterocycles. The van der Waals surface area contributed by atoms with Crippen molar-refractivity contribution in [3.63, 3.8) is 0 Å². The molecule has 4 rings (SSSR count). The molecule has 0 spiro atoms. The Hall–Kier alpha value is -4.00. The molecule has 4 N–H and O–H groups in total. The molecule has 4 aromatic rings. The van der Waals surface area contributed by atoms with Gasteiger partial charge in [-0.2, -0.15) is 20.5 Å². The van der Waals surface area contributed by atoms with Crippen molar-refractivity contribution in [3.05, 3.63) is 121 Å². The largest absolute Gasteiger partial charge is 0.329 e. The minimum atomic E-state index is 0.597. The summed E-state index contributed by atoms with van der Waals surface area (Å²) >= 11 is 0. The second-order valence-electron chi connectivity index (χ2n) is 6.32. The van der Waals surface area contributed by atoms with Gasteiger partial charge in [-0.1, -0.05) is 72.8 Å². The van der Waals surface area contributed by atoms with E-state index in [1.54, 1.807) is 0 Å². The molecule has 0 saturated carbocycles. The van der Waals surface area contributed by atoms with E-state index in [1.807, 2.05) is 121 Å². The van der Waals surface area contributed by atoms with Crippen molar-refractivity contribution in [2.24, 2.45) is 31.9 Å². The van der Waals surface area contributed by atoms with E-state index in [0.717, 1.165) is 22.7 Å². The number of benzene rings is 4. The van der Waals surface area contributed by atoms with Gasteiger partial charge in [0.2, 0.25) is 0 Å². The van der Waals surface area contributed by atoms with E-state index in [-0.39, 0.29) is 0 Å². The SMILES string of the molecule is NCCN.c1ccc(N=Nc2ccccc2)cc1.c1ccc(N=Nc2ccccc2)cc1. The molecule has 6 heteroatoms. The van der Waals surface area contributed by atoms with Gasteiger partial charge in [0.15, 0.2) is 0 Å². The first-order valence-corrected chi connectivity index (χ1v) is 10.3. The summed E-state index contributed by atoms with van der Waals surface area (Å²) in [5, 5.41) is 16.4. The summed E-state index contributed by atoms with van der Waals surface area (Å²) < 4.78 is 0. The quantitative estimate of drug-likeness (QED) is 0.333. The Morgan fingerprint density at radius 3 is 0.688 bits per heavy atom. The van der Waals surface area contributed by atoms with E-state index in [2.05, 4.69) is 20.5 Å². The van der Waals surface area contributed by atoms with Crippen molar-refractivity contribution in [3.8, 4) is 0 Å². The van der Waals surface area contributed by atoms with Crippen molar-refractivity contribution in [1.29, 1.82) is 0 Å². The average Bonchev–Trinajstić information content (AvgIpc) is 2.89. The van der Waals surface area contributed by atoms with E-state index in [0.29, 0.717) is 13.1 Å². The topological polar surface area (TPSA) is 101 Å². The first kappa shape index (κ1) is 24.3. The average molecular weight is 425 g/mol. The van der Waals surface area contributed by atoms with E-state index in [1.165, 1.54) is 0 Å². The zero-order valence-corrected chi connectivity index (χ0v) is 17.9. The number of azo groups is 2. The molecule has 0 atom stereocenters. The van der Waals surface area contributed by atoms with E-state index >= 15 is 0 Å². The van der Waals surface area contributed by atoms with Crippen molar-refractivity contribution in [2.75, 3.05) is 13.1 Å². The molecule has 0 aromatic heterocycles. The van der Waals surface area contributed by atoms with Gasteiger partial charge in [-0.25, -0.2) is 0 Å². The fourth-order valence-corrected chi connectivity index (χ4v) is 2.21. The second kappa shape index (κ2) is 15.8. The van der Waals surface area contributed by atoms with Crippen molar-refractivity contribution in [2.45, 2.75) is 0 Å². The van der Waals surface area contributed by atoms with E-state index in [4.69, 9.17) is 11.5 Å². The lowest BCUT2D eigenvalue weighted by Crippen LogP contribution is -2.11. The fraction of sp³-hybridized carbons (Fsp3) is 0.0769. The van der Waals surface area contributed by atoms with Crippen LogP contribution in [-0.4, -0.2) is 13.1 Å². The van der Waals surface area contributed by atoms with Crippen LogP contribution in [0.3, 0.4) is 0 Å². The summed E-state index contributed by atoms with van der Waals surface area (Å²) in [6.45, 7) is 1.19. The van der Waals surface area contributed by atoms with Crippen molar-refractivity contribution < 1.29 is 0 Å². The van der Waals surface area contributed by atoms with Crippen LogP contribution in [0.15, 0.2) is 142 Å². The maximum Gasteiger partial charge on any atom is 0.0857 e. The number of nitrogens with zero attached hydrogens (tertiary/aromatic N) is 4. The third-order valence-corrected chi connectivity index (χ3v) is 3.75. The van der Waals surface area contributed by atoms with Gasteiger partial charge in [-0.3, -0.25) is 0 Å². The normalized spacial score (nSPS) is 10.2. The molecular weight excluding hydrogens is 396 g/mol. The first-order valence-electron chi connectivity index (χ1n) is 10.3. The molecular formula is C26H28N6. The summed E-state index contributed by atoms with van der Waals surface area (Å²) in [7, 11) is 0. The van der Waals surface area contributed by atoms with Crippen molar-refractivity contribution in [1.82, 2.24) is 0 Å². The molecule has 0 radical (unpaired) electrons. The molecule has 0 fully saturated rings. The lowest BCUT2D eigenvalue weighted by Gasteiger charge is -1.91. The van der Waals surface area contributed by atoms with Gasteiger partial charge in [0.25, 0.3) is 0 Å². The van der Waals surface area contributed by atoms with Gasteiger partial charge in [-0.05, 0) is 48.5 Å². The monoisotopic (exact) mass is 424 g/mol.